The van der Waals surface area contributed by atoms with Crippen molar-refractivity contribution in [2.45, 2.75) is 45.7 Å². The Bertz CT molecular complexity index is 1180. The molecule has 0 aliphatic carbocycles. The fraction of sp³-hybridized carbons (Fsp3) is 0.423. The van der Waals surface area contributed by atoms with Gasteiger partial charge in [0, 0.05) is 30.4 Å². The zero-order chi connectivity index (χ0) is 26.8. The maximum atomic E-state index is 13.1. The second-order valence-electron chi connectivity index (χ2n) is 7.97. The molecule has 11 heteroatoms. The van der Waals surface area contributed by atoms with Gasteiger partial charge >= 0.3 is 12.1 Å². The van der Waals surface area contributed by atoms with Crippen LogP contribution in [-0.4, -0.2) is 47.7 Å². The first-order chi connectivity index (χ1) is 17.7. The minimum atomic E-state index is -4.48. The summed E-state index contributed by atoms with van der Waals surface area (Å²) < 4.78 is 62.4. The molecule has 2 aromatic heterocycles. The standard InChI is InChI=1S/C26H30F3N3O5/c1-4-35-22-16-21(10-8-18(22)9-11-24(33)34-3)37-14-6-7-19-17-32(31-25(19)36-5-2)23-15-20(12-13-30-23)26(27,28)29/h8,10,12-13,15-17H,4-7,9,11,14H2,1-3H3. The number of aromatic nitrogens is 3. The lowest BCUT2D eigenvalue weighted by atomic mass is 10.1. The van der Waals surface area contributed by atoms with E-state index in [0.29, 0.717) is 56.5 Å². The number of esters is 1. The minimum Gasteiger partial charge on any atom is -0.493 e. The number of methoxy groups -OCH3 is 1. The third-order valence-electron chi connectivity index (χ3n) is 5.36. The Kier molecular flexibility index (Phi) is 9.76. The molecule has 0 fully saturated rings. The van der Waals surface area contributed by atoms with E-state index in [1.807, 2.05) is 19.1 Å². The van der Waals surface area contributed by atoms with E-state index in [2.05, 4.69) is 10.1 Å². The molecule has 3 rings (SSSR count). The average Bonchev–Trinajstić information content (AvgIpc) is 3.28. The monoisotopic (exact) mass is 521 g/mol. The van der Waals surface area contributed by atoms with Crippen LogP contribution in [0.1, 0.15) is 43.4 Å². The lowest BCUT2D eigenvalue weighted by molar-refractivity contribution is -0.140. The Morgan fingerprint density at radius 2 is 1.78 bits per heavy atom. The summed E-state index contributed by atoms with van der Waals surface area (Å²) >= 11 is 0. The number of hydrogen-bond acceptors (Lipinski definition) is 7. The Labute approximate surface area is 213 Å². The fourth-order valence-electron chi connectivity index (χ4n) is 3.57. The van der Waals surface area contributed by atoms with Gasteiger partial charge < -0.3 is 18.9 Å². The second kappa shape index (κ2) is 13.0. The third kappa shape index (κ3) is 7.86. The topological polar surface area (TPSA) is 84.7 Å². The molecule has 1 aromatic carbocycles. The number of carbonyl (C=O) groups is 1. The normalized spacial score (nSPS) is 11.3. The Hall–Kier alpha value is -3.76. The van der Waals surface area contributed by atoms with Gasteiger partial charge in [0.05, 0.1) is 32.5 Å². The van der Waals surface area contributed by atoms with Gasteiger partial charge in [0.2, 0.25) is 5.88 Å². The maximum Gasteiger partial charge on any atom is 0.416 e. The summed E-state index contributed by atoms with van der Waals surface area (Å²) in [5, 5.41) is 4.28. The molecule has 0 aliphatic rings. The fourth-order valence-corrected chi connectivity index (χ4v) is 3.57. The van der Waals surface area contributed by atoms with Crippen LogP contribution in [0, 0.1) is 0 Å². The molecule has 0 amide bonds. The van der Waals surface area contributed by atoms with Crippen LogP contribution in [0.25, 0.3) is 5.82 Å². The van der Waals surface area contributed by atoms with Crippen LogP contribution in [0.5, 0.6) is 17.4 Å². The Balaban J connectivity index is 1.64. The van der Waals surface area contributed by atoms with Gasteiger partial charge in [0.1, 0.15) is 11.5 Å². The molecule has 2 heterocycles. The van der Waals surface area contributed by atoms with Crippen molar-refractivity contribution in [2.24, 2.45) is 0 Å². The average molecular weight is 522 g/mol. The summed E-state index contributed by atoms with van der Waals surface area (Å²) in [7, 11) is 1.35. The predicted octanol–water partition coefficient (Wildman–Crippen LogP) is 5.20. The molecule has 0 aliphatic heterocycles. The smallest absolute Gasteiger partial charge is 0.416 e. The van der Waals surface area contributed by atoms with E-state index in [9.17, 15) is 18.0 Å². The maximum absolute atomic E-state index is 13.1. The van der Waals surface area contributed by atoms with Crippen LogP contribution >= 0.6 is 0 Å². The van der Waals surface area contributed by atoms with Crippen molar-refractivity contribution in [2.75, 3.05) is 26.9 Å². The van der Waals surface area contributed by atoms with Crippen molar-refractivity contribution in [3.63, 3.8) is 0 Å². The van der Waals surface area contributed by atoms with Crippen molar-refractivity contribution in [1.29, 1.82) is 0 Å². The summed E-state index contributed by atoms with van der Waals surface area (Å²) in [6, 6.07) is 7.33. The first-order valence-corrected chi connectivity index (χ1v) is 12.0. The van der Waals surface area contributed by atoms with Gasteiger partial charge in [0.15, 0.2) is 5.82 Å². The van der Waals surface area contributed by atoms with E-state index in [1.165, 1.54) is 11.8 Å². The van der Waals surface area contributed by atoms with Crippen molar-refractivity contribution in [1.82, 2.24) is 14.8 Å². The lowest BCUT2D eigenvalue weighted by Gasteiger charge is -2.13. The molecule has 0 N–H and O–H groups in total. The van der Waals surface area contributed by atoms with Gasteiger partial charge in [-0.3, -0.25) is 4.79 Å². The van der Waals surface area contributed by atoms with Crippen molar-refractivity contribution >= 4 is 5.97 Å². The number of carbonyl (C=O) groups excluding carboxylic acids is 1. The van der Waals surface area contributed by atoms with E-state index in [4.69, 9.17) is 18.9 Å². The van der Waals surface area contributed by atoms with Crippen molar-refractivity contribution in [3.8, 4) is 23.2 Å². The number of pyridine rings is 1. The van der Waals surface area contributed by atoms with Gasteiger partial charge in [-0.25, -0.2) is 9.67 Å². The Morgan fingerprint density at radius 3 is 2.49 bits per heavy atom. The lowest BCUT2D eigenvalue weighted by Crippen LogP contribution is -2.07. The highest BCUT2D eigenvalue weighted by atomic mass is 19.4. The number of halogens is 3. The van der Waals surface area contributed by atoms with Crippen LogP contribution in [0.15, 0.2) is 42.7 Å². The van der Waals surface area contributed by atoms with Crippen LogP contribution in [0.4, 0.5) is 13.2 Å². The number of aryl methyl sites for hydroxylation is 2. The molecule has 0 saturated heterocycles. The van der Waals surface area contributed by atoms with Crippen LogP contribution in [-0.2, 0) is 28.5 Å². The first kappa shape index (κ1) is 27.8. The number of hydrogen-bond donors (Lipinski definition) is 0. The quantitative estimate of drug-likeness (QED) is 0.226. The van der Waals surface area contributed by atoms with Crippen LogP contribution in [0.3, 0.4) is 0 Å². The summed E-state index contributed by atoms with van der Waals surface area (Å²) in [5.74, 6) is 1.38. The van der Waals surface area contributed by atoms with Gasteiger partial charge in [-0.15, -0.1) is 5.10 Å². The van der Waals surface area contributed by atoms with Crippen molar-refractivity contribution in [3.05, 3.63) is 59.4 Å². The van der Waals surface area contributed by atoms with E-state index in [1.54, 1.807) is 19.2 Å². The molecule has 0 radical (unpaired) electrons. The van der Waals surface area contributed by atoms with E-state index < -0.39 is 11.7 Å². The van der Waals surface area contributed by atoms with Crippen LogP contribution in [0.2, 0.25) is 0 Å². The van der Waals surface area contributed by atoms with E-state index in [0.717, 1.165) is 29.5 Å². The molecule has 0 atom stereocenters. The number of ether oxygens (including phenoxy) is 4. The highest BCUT2D eigenvalue weighted by molar-refractivity contribution is 5.69. The van der Waals surface area contributed by atoms with Crippen LogP contribution < -0.4 is 14.2 Å². The summed E-state index contributed by atoms with van der Waals surface area (Å²) in [6.07, 6.45) is 0.132. The number of nitrogens with zero attached hydrogens (tertiary/aromatic N) is 3. The summed E-state index contributed by atoms with van der Waals surface area (Å²) in [4.78, 5) is 15.5. The highest BCUT2D eigenvalue weighted by Gasteiger charge is 2.31. The molecule has 200 valence electrons. The second-order valence-corrected chi connectivity index (χ2v) is 7.97. The summed E-state index contributed by atoms with van der Waals surface area (Å²) in [5.41, 5.74) is 0.818. The number of alkyl halides is 3. The largest absolute Gasteiger partial charge is 0.493 e. The number of benzene rings is 1. The van der Waals surface area contributed by atoms with Gasteiger partial charge in [-0.05, 0) is 56.9 Å². The third-order valence-corrected chi connectivity index (χ3v) is 5.36. The molecule has 0 unspecified atom stereocenters. The van der Waals surface area contributed by atoms with Gasteiger partial charge in [-0.2, -0.15) is 13.2 Å². The molecule has 0 saturated carbocycles. The van der Waals surface area contributed by atoms with Gasteiger partial charge in [-0.1, -0.05) is 6.07 Å². The van der Waals surface area contributed by atoms with E-state index in [-0.39, 0.29) is 18.2 Å². The molecule has 0 bridgehead atoms. The molecular formula is C26H30F3N3O5. The molecule has 3 aromatic rings. The number of rotatable bonds is 13. The highest BCUT2D eigenvalue weighted by Crippen LogP contribution is 2.30. The SMILES string of the molecule is CCOc1cc(OCCCc2cn(-c3cc(C(F)(F)F)ccn3)nc2OCC)ccc1CCC(=O)OC. The Morgan fingerprint density at radius 1 is 1.00 bits per heavy atom. The molecule has 8 nitrogen and oxygen atoms in total. The minimum absolute atomic E-state index is 0.0500. The zero-order valence-corrected chi connectivity index (χ0v) is 21.0. The van der Waals surface area contributed by atoms with Crippen molar-refractivity contribution < 1.29 is 36.9 Å². The first-order valence-electron chi connectivity index (χ1n) is 12.0. The van der Waals surface area contributed by atoms with E-state index >= 15 is 0 Å². The van der Waals surface area contributed by atoms with Gasteiger partial charge in [0.25, 0.3) is 0 Å². The zero-order valence-electron chi connectivity index (χ0n) is 21.0. The molecule has 37 heavy (non-hydrogen) atoms. The predicted molar refractivity (Wildman–Crippen MR) is 129 cm³/mol. The molecular weight excluding hydrogens is 491 g/mol. The molecule has 0 spiro atoms. The summed E-state index contributed by atoms with van der Waals surface area (Å²) in [6.45, 7) is 4.90.